The van der Waals surface area contributed by atoms with Crippen LogP contribution in [0.25, 0.3) is 0 Å². The van der Waals surface area contributed by atoms with E-state index < -0.39 is 6.10 Å². The second-order valence-corrected chi connectivity index (χ2v) is 4.93. The Balaban J connectivity index is 1.92. The fraction of sp³-hybridized carbons (Fsp3) is 0.357. The van der Waals surface area contributed by atoms with Gasteiger partial charge in [-0.25, -0.2) is 0 Å². The molecule has 0 saturated carbocycles. The zero-order chi connectivity index (χ0) is 13.8. The number of rotatable bonds is 3. The Kier molecular flexibility index (Phi) is 4.43. The average Bonchev–Trinajstić information content (AvgIpc) is 2.83. The lowest BCUT2D eigenvalue weighted by Crippen LogP contribution is -2.40. The average molecular weight is 279 g/mol. The van der Waals surface area contributed by atoms with Crippen LogP contribution >= 0.6 is 11.6 Å². The van der Waals surface area contributed by atoms with E-state index in [-0.39, 0.29) is 11.9 Å². The number of aliphatic hydroxyl groups excluding tert-OH is 1. The van der Waals surface area contributed by atoms with Crippen LogP contribution in [-0.4, -0.2) is 29.7 Å². The number of aliphatic hydroxyl groups is 1. The van der Waals surface area contributed by atoms with Crippen LogP contribution in [0.1, 0.15) is 17.5 Å². The highest BCUT2D eigenvalue weighted by Gasteiger charge is 2.27. The standard InChI is InChI=1S/C14H15ClN2O2/c1-2-9-3-4-10(12(15)5-9)7-17-14(19)13-6-11(18)8-16-13/h1,3-5,11,13,16,18H,6-8H2,(H,17,19)/t11-,13?/m1/s1. The Morgan fingerprint density at radius 2 is 2.42 bits per heavy atom. The molecule has 1 amide bonds. The number of terminal acetylenes is 1. The van der Waals surface area contributed by atoms with Crippen LogP contribution in [0.2, 0.25) is 5.02 Å². The van der Waals surface area contributed by atoms with E-state index in [1.807, 2.05) is 0 Å². The molecular weight excluding hydrogens is 264 g/mol. The topological polar surface area (TPSA) is 61.4 Å². The minimum atomic E-state index is -0.450. The molecule has 0 aromatic heterocycles. The molecule has 1 aromatic carbocycles. The molecule has 0 radical (unpaired) electrons. The highest BCUT2D eigenvalue weighted by molar-refractivity contribution is 6.31. The van der Waals surface area contributed by atoms with E-state index >= 15 is 0 Å². The largest absolute Gasteiger partial charge is 0.392 e. The van der Waals surface area contributed by atoms with E-state index in [4.69, 9.17) is 18.0 Å². The van der Waals surface area contributed by atoms with E-state index in [2.05, 4.69) is 16.6 Å². The molecular formula is C14H15ClN2O2. The molecule has 1 unspecified atom stereocenters. The van der Waals surface area contributed by atoms with Crippen molar-refractivity contribution in [3.63, 3.8) is 0 Å². The third-order valence-electron chi connectivity index (χ3n) is 3.10. The van der Waals surface area contributed by atoms with Crippen molar-refractivity contribution in [2.75, 3.05) is 6.54 Å². The second-order valence-electron chi connectivity index (χ2n) is 4.52. The molecule has 1 fully saturated rings. The van der Waals surface area contributed by atoms with Gasteiger partial charge >= 0.3 is 0 Å². The van der Waals surface area contributed by atoms with Gasteiger partial charge in [0, 0.05) is 23.7 Å². The first kappa shape index (κ1) is 13.9. The van der Waals surface area contributed by atoms with Gasteiger partial charge in [-0.05, 0) is 24.1 Å². The first-order chi connectivity index (χ1) is 9.10. The first-order valence-electron chi connectivity index (χ1n) is 6.04. The summed E-state index contributed by atoms with van der Waals surface area (Å²) < 4.78 is 0. The fourth-order valence-corrected chi connectivity index (χ4v) is 2.25. The Labute approximate surface area is 117 Å². The molecule has 4 nitrogen and oxygen atoms in total. The van der Waals surface area contributed by atoms with Gasteiger partial charge in [-0.3, -0.25) is 4.79 Å². The van der Waals surface area contributed by atoms with Gasteiger partial charge in [0.15, 0.2) is 0 Å². The lowest BCUT2D eigenvalue weighted by molar-refractivity contribution is -0.123. The van der Waals surface area contributed by atoms with Crippen molar-refractivity contribution in [2.24, 2.45) is 0 Å². The lowest BCUT2D eigenvalue weighted by Gasteiger charge is -2.12. The van der Waals surface area contributed by atoms with Crippen LogP contribution in [0.4, 0.5) is 0 Å². The summed E-state index contributed by atoms with van der Waals surface area (Å²) in [4.78, 5) is 11.8. The third-order valence-corrected chi connectivity index (χ3v) is 3.45. The summed E-state index contributed by atoms with van der Waals surface area (Å²) in [5, 5.41) is 15.6. The number of carbonyl (C=O) groups is 1. The number of nitrogens with one attached hydrogen (secondary N) is 2. The van der Waals surface area contributed by atoms with Gasteiger partial charge in [0.1, 0.15) is 0 Å². The number of amides is 1. The highest BCUT2D eigenvalue weighted by atomic mass is 35.5. The van der Waals surface area contributed by atoms with Gasteiger partial charge in [0.25, 0.3) is 0 Å². The molecule has 1 heterocycles. The van der Waals surface area contributed by atoms with Crippen molar-refractivity contribution < 1.29 is 9.90 Å². The van der Waals surface area contributed by atoms with Gasteiger partial charge < -0.3 is 15.7 Å². The summed E-state index contributed by atoms with van der Waals surface area (Å²) in [6, 6.07) is 4.94. The molecule has 0 bridgehead atoms. The highest BCUT2D eigenvalue weighted by Crippen LogP contribution is 2.17. The Morgan fingerprint density at radius 1 is 1.63 bits per heavy atom. The zero-order valence-electron chi connectivity index (χ0n) is 10.3. The molecule has 2 atom stereocenters. The van der Waals surface area contributed by atoms with E-state index in [1.165, 1.54) is 0 Å². The number of β-amino-alcohol motifs (C(OH)–C–C–N with tert-alkyl or cyclic N) is 1. The van der Waals surface area contributed by atoms with E-state index in [0.29, 0.717) is 30.1 Å². The predicted molar refractivity (Wildman–Crippen MR) is 73.6 cm³/mol. The van der Waals surface area contributed by atoms with E-state index in [1.54, 1.807) is 18.2 Å². The number of carbonyl (C=O) groups excluding carboxylic acids is 1. The van der Waals surface area contributed by atoms with Crippen molar-refractivity contribution in [2.45, 2.75) is 25.1 Å². The maximum Gasteiger partial charge on any atom is 0.237 e. The Bertz CT molecular complexity index is 525. The Hall–Kier alpha value is -1.54. The maximum atomic E-state index is 11.8. The monoisotopic (exact) mass is 278 g/mol. The summed E-state index contributed by atoms with van der Waals surface area (Å²) in [7, 11) is 0. The second kappa shape index (κ2) is 6.07. The van der Waals surface area contributed by atoms with Crippen molar-refractivity contribution in [3.05, 3.63) is 34.3 Å². The Morgan fingerprint density at radius 3 is 3.00 bits per heavy atom. The molecule has 1 aliphatic rings. The van der Waals surface area contributed by atoms with Crippen LogP contribution in [0.3, 0.4) is 0 Å². The van der Waals surface area contributed by atoms with Gasteiger partial charge in [0.05, 0.1) is 12.1 Å². The van der Waals surface area contributed by atoms with E-state index in [0.717, 1.165) is 5.56 Å². The molecule has 0 aliphatic carbocycles. The summed E-state index contributed by atoms with van der Waals surface area (Å²) in [5.41, 5.74) is 1.52. The van der Waals surface area contributed by atoms with Crippen LogP contribution in [0, 0.1) is 12.3 Å². The number of hydrogen-bond acceptors (Lipinski definition) is 3. The van der Waals surface area contributed by atoms with Gasteiger partial charge in [0.2, 0.25) is 5.91 Å². The molecule has 2 rings (SSSR count). The SMILES string of the molecule is C#Cc1ccc(CNC(=O)C2C[C@@H](O)CN2)c(Cl)c1. The fourth-order valence-electron chi connectivity index (χ4n) is 2.00. The number of hydrogen-bond donors (Lipinski definition) is 3. The molecule has 100 valence electrons. The summed E-state index contributed by atoms with van der Waals surface area (Å²) >= 11 is 6.07. The van der Waals surface area contributed by atoms with Gasteiger partial charge in [-0.1, -0.05) is 23.6 Å². The normalized spacial score (nSPS) is 21.9. The summed E-state index contributed by atoms with van der Waals surface area (Å²) in [6.07, 6.45) is 5.27. The molecule has 19 heavy (non-hydrogen) atoms. The maximum absolute atomic E-state index is 11.8. The molecule has 0 spiro atoms. The van der Waals surface area contributed by atoms with Crippen molar-refractivity contribution in [1.29, 1.82) is 0 Å². The van der Waals surface area contributed by atoms with Gasteiger partial charge in [-0.15, -0.1) is 6.42 Å². The summed E-state index contributed by atoms with van der Waals surface area (Å²) in [5.74, 6) is 2.37. The minimum Gasteiger partial charge on any atom is -0.392 e. The quantitative estimate of drug-likeness (QED) is 0.712. The third kappa shape index (κ3) is 3.48. The molecule has 1 saturated heterocycles. The number of halogens is 1. The van der Waals surface area contributed by atoms with Crippen molar-refractivity contribution in [1.82, 2.24) is 10.6 Å². The van der Waals surface area contributed by atoms with Gasteiger partial charge in [-0.2, -0.15) is 0 Å². The zero-order valence-corrected chi connectivity index (χ0v) is 11.1. The smallest absolute Gasteiger partial charge is 0.237 e. The van der Waals surface area contributed by atoms with Crippen LogP contribution < -0.4 is 10.6 Å². The molecule has 1 aromatic rings. The lowest BCUT2D eigenvalue weighted by atomic mass is 10.1. The van der Waals surface area contributed by atoms with Crippen molar-refractivity contribution in [3.8, 4) is 12.3 Å². The number of benzene rings is 1. The minimum absolute atomic E-state index is 0.131. The molecule has 5 heteroatoms. The molecule has 3 N–H and O–H groups in total. The molecule has 1 aliphatic heterocycles. The summed E-state index contributed by atoms with van der Waals surface area (Å²) in [6.45, 7) is 0.798. The van der Waals surface area contributed by atoms with E-state index in [9.17, 15) is 9.90 Å². The van der Waals surface area contributed by atoms with Crippen LogP contribution in [0.5, 0.6) is 0 Å². The van der Waals surface area contributed by atoms with Crippen LogP contribution in [-0.2, 0) is 11.3 Å². The van der Waals surface area contributed by atoms with Crippen LogP contribution in [0.15, 0.2) is 18.2 Å². The first-order valence-corrected chi connectivity index (χ1v) is 6.42. The van der Waals surface area contributed by atoms with Crippen molar-refractivity contribution >= 4 is 17.5 Å². The predicted octanol–water partition coefficient (Wildman–Crippen LogP) is 0.660.